The number of unbranched alkanes of at least 4 members (excludes halogenated alkanes) is 10. The monoisotopic (exact) mass is 501 g/mol. The first kappa shape index (κ1) is 31.7. The van der Waals surface area contributed by atoms with Gasteiger partial charge in [-0.25, -0.2) is 0 Å². The highest BCUT2D eigenvalue weighted by Crippen LogP contribution is 2.13. The van der Waals surface area contributed by atoms with E-state index in [4.69, 9.17) is 0 Å². The summed E-state index contributed by atoms with van der Waals surface area (Å²) >= 11 is 0. The van der Waals surface area contributed by atoms with Crippen molar-refractivity contribution in [3.8, 4) is 0 Å². The summed E-state index contributed by atoms with van der Waals surface area (Å²) in [5, 5.41) is 8.84. The summed E-state index contributed by atoms with van der Waals surface area (Å²) in [4.78, 5) is 38.5. The average Bonchev–Trinajstić information content (AvgIpc) is 2.89. The molecule has 0 spiro atoms. The van der Waals surface area contributed by atoms with Crippen LogP contribution >= 0.6 is 0 Å². The molecule has 0 bridgehead atoms. The van der Waals surface area contributed by atoms with Gasteiger partial charge < -0.3 is 16.0 Å². The van der Waals surface area contributed by atoms with E-state index in [0.717, 1.165) is 32.1 Å². The maximum Gasteiger partial charge on any atom is 0.251 e. The van der Waals surface area contributed by atoms with E-state index >= 15 is 0 Å². The van der Waals surface area contributed by atoms with Crippen molar-refractivity contribution >= 4 is 17.7 Å². The maximum atomic E-state index is 12.9. The number of hydrogen-bond acceptors (Lipinski definition) is 3. The minimum Gasteiger partial charge on any atom is -0.352 e. The Morgan fingerprint density at radius 1 is 0.583 bits per heavy atom. The van der Waals surface area contributed by atoms with Gasteiger partial charge in [-0.05, 0) is 37.0 Å². The molecule has 0 fully saturated rings. The van der Waals surface area contributed by atoms with Crippen LogP contribution in [0.5, 0.6) is 0 Å². The fourth-order valence-electron chi connectivity index (χ4n) is 3.95. The van der Waals surface area contributed by atoms with Crippen LogP contribution in [0, 0.1) is 5.92 Å². The molecule has 0 unspecified atom stereocenters. The van der Waals surface area contributed by atoms with Crippen molar-refractivity contribution in [3.05, 3.63) is 34.9 Å². The van der Waals surface area contributed by atoms with Crippen LogP contribution in [0.2, 0.25) is 0 Å². The topological polar surface area (TPSA) is 87.3 Å². The Morgan fingerprint density at radius 3 is 1.33 bits per heavy atom. The normalized spacial score (nSPS) is 11.7. The molecule has 0 radical (unpaired) electrons. The molecule has 0 saturated carbocycles. The number of hydrogen-bond donors (Lipinski definition) is 3. The quantitative estimate of drug-likeness (QED) is 0.175. The molecule has 0 aromatic heterocycles. The highest BCUT2D eigenvalue weighted by molar-refractivity contribution is 6.04. The molecule has 3 N–H and O–H groups in total. The van der Waals surface area contributed by atoms with E-state index in [1.165, 1.54) is 51.4 Å². The van der Waals surface area contributed by atoms with Crippen molar-refractivity contribution in [1.29, 1.82) is 0 Å². The Hall–Kier alpha value is -2.37. The van der Waals surface area contributed by atoms with Gasteiger partial charge in [0.2, 0.25) is 0 Å². The smallest absolute Gasteiger partial charge is 0.251 e. The third-order valence-electron chi connectivity index (χ3n) is 6.66. The predicted octanol–water partition coefficient (Wildman–Crippen LogP) is 6.64. The summed E-state index contributed by atoms with van der Waals surface area (Å²) in [7, 11) is 0. The molecule has 1 atom stereocenters. The average molecular weight is 502 g/mol. The summed E-state index contributed by atoms with van der Waals surface area (Å²) in [6, 6.07) is 4.78. The van der Waals surface area contributed by atoms with Crippen LogP contribution < -0.4 is 16.0 Å². The summed E-state index contributed by atoms with van der Waals surface area (Å²) in [6.07, 6.45) is 14.7. The molecule has 6 heteroatoms. The molecule has 6 nitrogen and oxygen atoms in total. The number of carbonyl (C=O) groups excluding carboxylic acids is 3. The Balaban J connectivity index is 2.78. The Bertz CT molecular complexity index is 730. The first-order chi connectivity index (χ1) is 17.4. The van der Waals surface area contributed by atoms with Gasteiger partial charge in [0, 0.05) is 36.3 Å². The zero-order valence-corrected chi connectivity index (χ0v) is 23.3. The van der Waals surface area contributed by atoms with E-state index in [-0.39, 0.29) is 17.7 Å². The molecule has 0 saturated heterocycles. The molecular weight excluding hydrogens is 450 g/mol. The maximum absolute atomic E-state index is 12.9. The number of carbonyl (C=O) groups is 3. The van der Waals surface area contributed by atoms with E-state index in [1.54, 1.807) is 18.2 Å². The van der Waals surface area contributed by atoms with Gasteiger partial charge in [0.15, 0.2) is 0 Å². The summed E-state index contributed by atoms with van der Waals surface area (Å²) in [5.74, 6) is -0.390. The lowest BCUT2D eigenvalue weighted by molar-refractivity contribution is 0.0947. The Morgan fingerprint density at radius 2 is 0.944 bits per heavy atom. The van der Waals surface area contributed by atoms with Crippen LogP contribution in [0.4, 0.5) is 0 Å². The van der Waals surface area contributed by atoms with Gasteiger partial charge in [-0.1, -0.05) is 98.3 Å². The largest absolute Gasteiger partial charge is 0.352 e. The van der Waals surface area contributed by atoms with Crippen molar-refractivity contribution in [1.82, 2.24) is 16.0 Å². The standard InChI is InChI=1S/C30H51N3O3/c1-5-8-10-12-14-16-18-31-28(34)25-20-26(29(35)32-19-17-15-13-11-9-6-2)22-27(21-25)30(36)33-23-24(4)7-3/h20-22,24H,5-19,23H2,1-4H3,(H,31,34)(H,32,35)(H,33,36)/t24-/m0/s1. The lowest BCUT2D eigenvalue weighted by Crippen LogP contribution is -2.30. The molecule has 0 aliphatic heterocycles. The van der Waals surface area contributed by atoms with Gasteiger partial charge in [0.25, 0.3) is 17.7 Å². The van der Waals surface area contributed by atoms with Crippen molar-refractivity contribution in [3.63, 3.8) is 0 Å². The van der Waals surface area contributed by atoms with Crippen LogP contribution in [0.1, 0.15) is 142 Å². The zero-order chi connectivity index (χ0) is 26.6. The second-order valence-electron chi connectivity index (χ2n) is 10.1. The minimum atomic E-state index is -0.258. The number of amides is 3. The first-order valence-electron chi connectivity index (χ1n) is 14.4. The minimum absolute atomic E-state index is 0.245. The highest BCUT2D eigenvalue weighted by Gasteiger charge is 2.17. The van der Waals surface area contributed by atoms with Crippen LogP contribution in [0.25, 0.3) is 0 Å². The zero-order valence-electron chi connectivity index (χ0n) is 23.3. The SMILES string of the molecule is CCCCCCCCNC(=O)c1cc(C(=O)NCCCCCCCC)cc(C(=O)NC[C@@H](C)CC)c1. The van der Waals surface area contributed by atoms with Crippen molar-refractivity contribution < 1.29 is 14.4 Å². The predicted molar refractivity (Wildman–Crippen MR) is 150 cm³/mol. The van der Waals surface area contributed by atoms with Crippen molar-refractivity contribution in [2.75, 3.05) is 19.6 Å². The first-order valence-corrected chi connectivity index (χ1v) is 14.4. The molecule has 0 aliphatic rings. The molecule has 1 aromatic rings. The van der Waals surface area contributed by atoms with Gasteiger partial charge in [-0.15, -0.1) is 0 Å². The summed E-state index contributed by atoms with van der Waals surface area (Å²) in [6.45, 7) is 10.3. The van der Waals surface area contributed by atoms with Gasteiger partial charge in [0.1, 0.15) is 0 Å². The van der Waals surface area contributed by atoms with Gasteiger partial charge in [-0.2, -0.15) is 0 Å². The van der Waals surface area contributed by atoms with E-state index < -0.39 is 0 Å². The highest BCUT2D eigenvalue weighted by atomic mass is 16.2. The second kappa shape index (κ2) is 19.8. The fraction of sp³-hybridized carbons (Fsp3) is 0.700. The van der Waals surface area contributed by atoms with Crippen molar-refractivity contribution in [2.45, 2.75) is 111 Å². The van der Waals surface area contributed by atoms with Crippen LogP contribution in [0.3, 0.4) is 0 Å². The number of rotatable bonds is 20. The van der Waals surface area contributed by atoms with Gasteiger partial charge in [0.05, 0.1) is 0 Å². The van der Waals surface area contributed by atoms with E-state index in [1.807, 2.05) is 0 Å². The molecule has 3 amide bonds. The lowest BCUT2D eigenvalue weighted by Gasteiger charge is -2.13. The summed E-state index contributed by atoms with van der Waals surface area (Å²) in [5.41, 5.74) is 1.04. The van der Waals surface area contributed by atoms with E-state index in [2.05, 4.69) is 43.6 Å². The third kappa shape index (κ3) is 13.6. The molecule has 1 aromatic carbocycles. The van der Waals surface area contributed by atoms with Crippen molar-refractivity contribution in [2.24, 2.45) is 5.92 Å². The lowest BCUT2D eigenvalue weighted by atomic mass is 10.0. The molecule has 204 valence electrons. The van der Waals surface area contributed by atoms with Gasteiger partial charge in [-0.3, -0.25) is 14.4 Å². The van der Waals surface area contributed by atoms with E-state index in [9.17, 15) is 14.4 Å². The number of nitrogens with one attached hydrogen (secondary N) is 3. The molecule has 0 aliphatic carbocycles. The van der Waals surface area contributed by atoms with E-state index in [0.29, 0.717) is 42.2 Å². The summed E-state index contributed by atoms with van der Waals surface area (Å²) < 4.78 is 0. The molecule has 0 heterocycles. The van der Waals surface area contributed by atoms with Gasteiger partial charge >= 0.3 is 0 Å². The molecule has 36 heavy (non-hydrogen) atoms. The Labute approximate surface area is 219 Å². The van der Waals surface area contributed by atoms with Crippen LogP contribution in [0.15, 0.2) is 18.2 Å². The number of benzene rings is 1. The molecular formula is C30H51N3O3. The fourth-order valence-corrected chi connectivity index (χ4v) is 3.95. The second-order valence-corrected chi connectivity index (χ2v) is 10.1. The Kier molecular flexibility index (Phi) is 17.4. The van der Waals surface area contributed by atoms with Crippen LogP contribution in [-0.4, -0.2) is 37.4 Å². The third-order valence-corrected chi connectivity index (χ3v) is 6.66. The van der Waals surface area contributed by atoms with Crippen LogP contribution in [-0.2, 0) is 0 Å². The molecule has 1 rings (SSSR count).